The van der Waals surface area contributed by atoms with Crippen LogP contribution in [0.2, 0.25) is 5.02 Å². The van der Waals surface area contributed by atoms with Crippen LogP contribution < -0.4 is 14.8 Å². The van der Waals surface area contributed by atoms with Gasteiger partial charge in [-0.3, -0.25) is 4.79 Å². The van der Waals surface area contributed by atoms with Crippen molar-refractivity contribution in [3.8, 4) is 11.5 Å². The van der Waals surface area contributed by atoms with Gasteiger partial charge in [-0.25, -0.2) is 0 Å². The van der Waals surface area contributed by atoms with Gasteiger partial charge in [0.05, 0.1) is 36.8 Å². The van der Waals surface area contributed by atoms with E-state index < -0.39 is 0 Å². The molecule has 1 N–H and O–H groups in total. The molecule has 0 fully saturated rings. The van der Waals surface area contributed by atoms with Crippen LogP contribution in [0.15, 0.2) is 33.5 Å². The smallest absolute Gasteiger partial charge is 0.260 e. The molecule has 5 nitrogen and oxygen atoms in total. The first-order valence-electron chi connectivity index (χ1n) is 5.52. The summed E-state index contributed by atoms with van der Waals surface area (Å²) in [5.74, 6) is 0.565. The SMILES string of the molecule is COc1cc(OC)c(NC(=O)c2ccoc2Br)cc1Cl. The Hall–Kier alpha value is -1.66. The number of furan rings is 1. The van der Waals surface area contributed by atoms with E-state index in [1.165, 1.54) is 20.5 Å². The summed E-state index contributed by atoms with van der Waals surface area (Å²) in [6, 6.07) is 4.71. The minimum Gasteiger partial charge on any atom is -0.495 e. The molecule has 2 rings (SSSR count). The quantitative estimate of drug-likeness (QED) is 0.896. The van der Waals surface area contributed by atoms with Gasteiger partial charge >= 0.3 is 0 Å². The Morgan fingerprint density at radius 2 is 2.00 bits per heavy atom. The maximum atomic E-state index is 12.1. The molecule has 20 heavy (non-hydrogen) atoms. The molecule has 0 saturated heterocycles. The Labute approximate surface area is 128 Å². The molecule has 0 aliphatic heterocycles. The molecule has 1 aromatic carbocycles. The summed E-state index contributed by atoms with van der Waals surface area (Å²) >= 11 is 9.19. The van der Waals surface area contributed by atoms with E-state index in [0.29, 0.717) is 32.4 Å². The summed E-state index contributed by atoms with van der Waals surface area (Å²) in [6.45, 7) is 0. The van der Waals surface area contributed by atoms with Crippen molar-refractivity contribution in [2.75, 3.05) is 19.5 Å². The number of rotatable bonds is 4. The zero-order valence-electron chi connectivity index (χ0n) is 10.7. The number of nitrogens with one attached hydrogen (secondary N) is 1. The van der Waals surface area contributed by atoms with E-state index in [1.807, 2.05) is 0 Å². The van der Waals surface area contributed by atoms with Crippen molar-refractivity contribution >= 4 is 39.1 Å². The van der Waals surface area contributed by atoms with Crippen LogP contribution in [0.1, 0.15) is 10.4 Å². The third-order valence-electron chi connectivity index (χ3n) is 2.58. The summed E-state index contributed by atoms with van der Waals surface area (Å²) in [7, 11) is 2.99. The van der Waals surface area contributed by atoms with E-state index in [2.05, 4.69) is 21.2 Å². The zero-order chi connectivity index (χ0) is 14.7. The molecule has 0 radical (unpaired) electrons. The number of amides is 1. The van der Waals surface area contributed by atoms with Gasteiger partial charge in [-0.05, 0) is 28.1 Å². The summed E-state index contributed by atoms with van der Waals surface area (Å²) in [6.07, 6.45) is 1.41. The maximum Gasteiger partial charge on any atom is 0.260 e. The predicted molar refractivity (Wildman–Crippen MR) is 78.9 cm³/mol. The lowest BCUT2D eigenvalue weighted by atomic mass is 10.2. The molecule has 1 amide bonds. The number of methoxy groups -OCH3 is 2. The maximum absolute atomic E-state index is 12.1. The predicted octanol–water partition coefficient (Wildman–Crippen LogP) is 3.97. The Bertz CT molecular complexity index is 641. The Kier molecular flexibility index (Phi) is 4.57. The lowest BCUT2D eigenvalue weighted by Crippen LogP contribution is -2.12. The highest BCUT2D eigenvalue weighted by Gasteiger charge is 2.16. The topological polar surface area (TPSA) is 60.7 Å². The molecule has 0 aliphatic rings. The summed E-state index contributed by atoms with van der Waals surface area (Å²) in [5, 5.41) is 3.07. The highest BCUT2D eigenvalue weighted by atomic mass is 79.9. The fourth-order valence-electron chi connectivity index (χ4n) is 1.60. The minimum atomic E-state index is -0.342. The average Bonchev–Trinajstić information content (AvgIpc) is 2.85. The second-order valence-electron chi connectivity index (χ2n) is 3.75. The van der Waals surface area contributed by atoms with Crippen molar-refractivity contribution < 1.29 is 18.7 Å². The second kappa shape index (κ2) is 6.19. The first kappa shape index (κ1) is 14.7. The second-order valence-corrected chi connectivity index (χ2v) is 4.88. The Balaban J connectivity index is 2.31. The lowest BCUT2D eigenvalue weighted by molar-refractivity contribution is 0.102. The van der Waals surface area contributed by atoms with Gasteiger partial charge in [-0.1, -0.05) is 11.6 Å². The molecule has 7 heteroatoms. The fourth-order valence-corrected chi connectivity index (χ4v) is 2.26. The number of carbonyl (C=O) groups is 1. The number of ether oxygens (including phenoxy) is 2. The normalized spacial score (nSPS) is 10.2. The van der Waals surface area contributed by atoms with Crippen LogP contribution >= 0.6 is 27.5 Å². The molecule has 0 unspecified atom stereocenters. The van der Waals surface area contributed by atoms with Gasteiger partial charge in [-0.2, -0.15) is 0 Å². The van der Waals surface area contributed by atoms with Crippen LogP contribution in [0.4, 0.5) is 5.69 Å². The minimum absolute atomic E-state index is 0.342. The van der Waals surface area contributed by atoms with Gasteiger partial charge in [-0.15, -0.1) is 0 Å². The molecule has 0 saturated carbocycles. The molecule has 1 heterocycles. The fraction of sp³-hybridized carbons (Fsp3) is 0.154. The van der Waals surface area contributed by atoms with E-state index in [9.17, 15) is 4.79 Å². The standard InChI is InChI=1S/C13H11BrClNO4/c1-18-10-6-11(19-2)9(5-8(10)15)16-13(17)7-3-4-20-12(7)14/h3-6H,1-2H3,(H,16,17). The van der Waals surface area contributed by atoms with Gasteiger partial charge in [0.2, 0.25) is 0 Å². The van der Waals surface area contributed by atoms with Crippen molar-refractivity contribution in [1.29, 1.82) is 0 Å². The third kappa shape index (κ3) is 2.91. The van der Waals surface area contributed by atoms with Crippen molar-refractivity contribution in [3.63, 3.8) is 0 Å². The van der Waals surface area contributed by atoms with E-state index in [1.54, 1.807) is 18.2 Å². The first-order chi connectivity index (χ1) is 9.56. The summed E-state index contributed by atoms with van der Waals surface area (Å²) < 4.78 is 15.7. The highest BCUT2D eigenvalue weighted by Crippen LogP contribution is 2.36. The van der Waals surface area contributed by atoms with Gasteiger partial charge in [0.15, 0.2) is 4.67 Å². The van der Waals surface area contributed by atoms with Crippen molar-refractivity contribution in [3.05, 3.63) is 39.7 Å². The molecule has 1 aromatic heterocycles. The molecule has 0 aliphatic carbocycles. The summed E-state index contributed by atoms with van der Waals surface area (Å²) in [4.78, 5) is 12.1. The zero-order valence-corrected chi connectivity index (χ0v) is 13.0. The number of carbonyl (C=O) groups excluding carboxylic acids is 1. The third-order valence-corrected chi connectivity index (χ3v) is 3.49. The Morgan fingerprint density at radius 1 is 1.30 bits per heavy atom. The number of anilines is 1. The van der Waals surface area contributed by atoms with Crippen molar-refractivity contribution in [2.45, 2.75) is 0 Å². The Morgan fingerprint density at radius 3 is 2.55 bits per heavy atom. The summed E-state index contributed by atoms with van der Waals surface area (Å²) in [5.41, 5.74) is 0.815. The molecule has 0 bridgehead atoms. The van der Waals surface area contributed by atoms with Gasteiger partial charge < -0.3 is 19.2 Å². The van der Waals surface area contributed by atoms with Crippen molar-refractivity contribution in [2.24, 2.45) is 0 Å². The first-order valence-corrected chi connectivity index (χ1v) is 6.69. The average molecular weight is 361 g/mol. The number of hydrogen-bond acceptors (Lipinski definition) is 4. The number of benzene rings is 1. The van der Waals surface area contributed by atoms with Gasteiger partial charge in [0.25, 0.3) is 5.91 Å². The van der Waals surface area contributed by atoms with Gasteiger partial charge in [0, 0.05) is 6.07 Å². The van der Waals surface area contributed by atoms with E-state index in [0.717, 1.165) is 0 Å². The molecule has 0 atom stereocenters. The molecular formula is C13H11BrClNO4. The molecule has 0 spiro atoms. The van der Waals surface area contributed by atoms with E-state index in [4.69, 9.17) is 25.5 Å². The van der Waals surface area contributed by atoms with Gasteiger partial charge in [0.1, 0.15) is 11.5 Å². The van der Waals surface area contributed by atoms with Crippen LogP contribution in [0.3, 0.4) is 0 Å². The van der Waals surface area contributed by atoms with Crippen LogP contribution in [0, 0.1) is 0 Å². The molecule has 106 valence electrons. The monoisotopic (exact) mass is 359 g/mol. The molecule has 2 aromatic rings. The van der Waals surface area contributed by atoms with Crippen LogP contribution in [-0.4, -0.2) is 20.1 Å². The largest absolute Gasteiger partial charge is 0.495 e. The number of hydrogen-bond donors (Lipinski definition) is 1. The molecular weight excluding hydrogens is 350 g/mol. The van der Waals surface area contributed by atoms with Crippen molar-refractivity contribution in [1.82, 2.24) is 0 Å². The lowest BCUT2D eigenvalue weighted by Gasteiger charge is -2.12. The van der Waals surface area contributed by atoms with E-state index in [-0.39, 0.29) is 5.91 Å². The van der Waals surface area contributed by atoms with Crippen LogP contribution in [0.5, 0.6) is 11.5 Å². The van der Waals surface area contributed by atoms with Crippen LogP contribution in [0.25, 0.3) is 0 Å². The highest BCUT2D eigenvalue weighted by molar-refractivity contribution is 9.10. The van der Waals surface area contributed by atoms with E-state index >= 15 is 0 Å². The number of halogens is 2. The van der Waals surface area contributed by atoms with Crippen LogP contribution in [-0.2, 0) is 0 Å².